The zero-order valence-corrected chi connectivity index (χ0v) is 16.7. The molecule has 8 heteroatoms. The van der Waals surface area contributed by atoms with Crippen LogP contribution in [0, 0.1) is 0 Å². The first-order valence-electron chi connectivity index (χ1n) is 9.80. The molecule has 2 N–H and O–H groups in total. The highest BCUT2D eigenvalue weighted by molar-refractivity contribution is 6.04. The summed E-state index contributed by atoms with van der Waals surface area (Å²) in [6, 6.07) is 13.4. The number of anilines is 1. The highest BCUT2D eigenvalue weighted by Crippen LogP contribution is 2.19. The van der Waals surface area contributed by atoms with Crippen molar-refractivity contribution in [3.05, 3.63) is 59.7 Å². The topological polar surface area (TPSA) is 103 Å². The molecule has 1 heterocycles. The molecule has 0 saturated carbocycles. The normalized spacial score (nSPS) is 15.3. The first kappa shape index (κ1) is 21.3. The number of para-hydroxylation sites is 1. The third kappa shape index (κ3) is 5.81. The van der Waals surface area contributed by atoms with Crippen molar-refractivity contribution in [2.45, 2.75) is 32.4 Å². The van der Waals surface area contributed by atoms with E-state index in [9.17, 15) is 14.4 Å². The minimum atomic E-state index is -0.798. The molecule has 1 fully saturated rings. The van der Waals surface area contributed by atoms with Crippen LogP contribution in [0.3, 0.4) is 0 Å². The van der Waals surface area contributed by atoms with Crippen LogP contribution in [0.4, 0.5) is 10.5 Å². The van der Waals surface area contributed by atoms with Crippen molar-refractivity contribution in [1.29, 1.82) is 0 Å². The summed E-state index contributed by atoms with van der Waals surface area (Å²) < 4.78 is 15.1. The second-order valence-corrected chi connectivity index (χ2v) is 6.64. The third-order valence-corrected chi connectivity index (χ3v) is 4.52. The van der Waals surface area contributed by atoms with Crippen LogP contribution in [-0.4, -0.2) is 37.3 Å². The molecule has 2 amide bonds. The standard InChI is InChI=1S/C22H24N2O6/c1-2-28-22(27)30-17-11-9-15(10-12-17)20(25)24-18-7-4-3-6-16(18)14-23-21(26)19-8-5-13-29-19/h3-4,6-7,9-12,19H,2,5,8,13-14H2,1H3,(H,23,26)(H,24,25). The summed E-state index contributed by atoms with van der Waals surface area (Å²) in [5, 5.41) is 5.70. The van der Waals surface area contributed by atoms with Crippen LogP contribution in [0.2, 0.25) is 0 Å². The number of amides is 2. The van der Waals surface area contributed by atoms with Gasteiger partial charge in [-0.3, -0.25) is 9.59 Å². The molecule has 1 saturated heterocycles. The van der Waals surface area contributed by atoms with E-state index in [1.165, 1.54) is 12.1 Å². The molecule has 0 aliphatic carbocycles. The summed E-state index contributed by atoms with van der Waals surface area (Å²) in [5.41, 5.74) is 1.77. The molecule has 1 aliphatic heterocycles. The van der Waals surface area contributed by atoms with Crippen molar-refractivity contribution in [1.82, 2.24) is 5.32 Å². The van der Waals surface area contributed by atoms with Crippen LogP contribution in [0.15, 0.2) is 48.5 Å². The number of rotatable bonds is 7. The van der Waals surface area contributed by atoms with Crippen molar-refractivity contribution in [3.8, 4) is 5.75 Å². The van der Waals surface area contributed by atoms with Gasteiger partial charge in [0.05, 0.1) is 6.61 Å². The largest absolute Gasteiger partial charge is 0.513 e. The molecule has 1 unspecified atom stereocenters. The van der Waals surface area contributed by atoms with Gasteiger partial charge in [0.1, 0.15) is 11.9 Å². The molecule has 158 valence electrons. The molecule has 30 heavy (non-hydrogen) atoms. The number of benzene rings is 2. The van der Waals surface area contributed by atoms with Crippen LogP contribution < -0.4 is 15.4 Å². The zero-order chi connectivity index (χ0) is 21.3. The van der Waals surface area contributed by atoms with Crippen molar-refractivity contribution >= 4 is 23.7 Å². The Morgan fingerprint density at radius 2 is 1.87 bits per heavy atom. The van der Waals surface area contributed by atoms with Crippen LogP contribution in [-0.2, 0) is 20.8 Å². The zero-order valence-electron chi connectivity index (χ0n) is 16.7. The maximum absolute atomic E-state index is 12.6. The van der Waals surface area contributed by atoms with E-state index >= 15 is 0 Å². The van der Waals surface area contributed by atoms with Crippen molar-refractivity contribution < 1.29 is 28.6 Å². The van der Waals surface area contributed by atoms with Crippen molar-refractivity contribution in [3.63, 3.8) is 0 Å². The van der Waals surface area contributed by atoms with Crippen LogP contribution in [0.5, 0.6) is 5.75 Å². The van der Waals surface area contributed by atoms with E-state index in [1.807, 2.05) is 12.1 Å². The molecule has 0 radical (unpaired) electrons. The Morgan fingerprint density at radius 1 is 1.10 bits per heavy atom. The fraction of sp³-hybridized carbons (Fsp3) is 0.318. The number of carbonyl (C=O) groups is 3. The number of ether oxygens (including phenoxy) is 3. The average Bonchev–Trinajstić information content (AvgIpc) is 3.28. The monoisotopic (exact) mass is 412 g/mol. The Kier molecular flexibility index (Phi) is 7.40. The van der Waals surface area contributed by atoms with Crippen LogP contribution in [0.25, 0.3) is 0 Å². The fourth-order valence-corrected chi connectivity index (χ4v) is 2.99. The van der Waals surface area contributed by atoms with E-state index in [0.717, 1.165) is 18.4 Å². The molecule has 8 nitrogen and oxygen atoms in total. The Balaban J connectivity index is 1.59. The lowest BCUT2D eigenvalue weighted by molar-refractivity contribution is -0.130. The lowest BCUT2D eigenvalue weighted by atomic mass is 10.1. The Hall–Kier alpha value is -3.39. The van der Waals surface area contributed by atoms with E-state index < -0.39 is 12.3 Å². The molecule has 1 atom stereocenters. The molecular formula is C22H24N2O6. The number of hydrogen-bond donors (Lipinski definition) is 2. The third-order valence-electron chi connectivity index (χ3n) is 4.52. The van der Waals surface area contributed by atoms with E-state index in [4.69, 9.17) is 14.2 Å². The van der Waals surface area contributed by atoms with Gasteiger partial charge in [-0.2, -0.15) is 0 Å². The summed E-state index contributed by atoms with van der Waals surface area (Å²) in [6.07, 6.45) is 0.407. The Labute approximate surface area is 174 Å². The minimum Gasteiger partial charge on any atom is -0.434 e. The van der Waals surface area contributed by atoms with E-state index in [1.54, 1.807) is 31.2 Å². The highest BCUT2D eigenvalue weighted by atomic mass is 16.7. The summed E-state index contributed by atoms with van der Waals surface area (Å²) in [7, 11) is 0. The van der Waals surface area contributed by atoms with Crippen molar-refractivity contribution in [2.24, 2.45) is 0 Å². The molecule has 1 aliphatic rings. The SMILES string of the molecule is CCOC(=O)Oc1ccc(C(=O)Nc2ccccc2CNC(=O)C2CCCO2)cc1. The van der Waals surface area contributed by atoms with Gasteiger partial charge in [0, 0.05) is 24.4 Å². The second kappa shape index (κ2) is 10.4. The van der Waals surface area contributed by atoms with Gasteiger partial charge in [0.25, 0.3) is 5.91 Å². The van der Waals surface area contributed by atoms with Gasteiger partial charge in [-0.25, -0.2) is 4.79 Å². The maximum Gasteiger partial charge on any atom is 0.513 e. The minimum absolute atomic E-state index is 0.147. The quantitative estimate of drug-likeness (QED) is 0.534. The molecule has 0 spiro atoms. The lowest BCUT2D eigenvalue weighted by Gasteiger charge is -2.14. The number of carbonyl (C=O) groups excluding carboxylic acids is 3. The smallest absolute Gasteiger partial charge is 0.434 e. The number of hydrogen-bond acceptors (Lipinski definition) is 6. The molecule has 2 aromatic carbocycles. The summed E-state index contributed by atoms with van der Waals surface area (Å²) in [6.45, 7) is 2.78. The van der Waals surface area contributed by atoms with Gasteiger partial charge >= 0.3 is 6.16 Å². The summed E-state index contributed by atoms with van der Waals surface area (Å²) in [4.78, 5) is 36.1. The highest BCUT2D eigenvalue weighted by Gasteiger charge is 2.23. The van der Waals surface area contributed by atoms with Crippen molar-refractivity contribution in [2.75, 3.05) is 18.5 Å². The van der Waals surface area contributed by atoms with Gasteiger partial charge in [0.2, 0.25) is 5.91 Å². The molecular weight excluding hydrogens is 388 g/mol. The first-order valence-corrected chi connectivity index (χ1v) is 9.80. The van der Waals surface area contributed by atoms with Crippen LogP contribution in [0.1, 0.15) is 35.7 Å². The van der Waals surface area contributed by atoms with Crippen LogP contribution >= 0.6 is 0 Å². The second-order valence-electron chi connectivity index (χ2n) is 6.64. The Morgan fingerprint density at radius 3 is 2.57 bits per heavy atom. The van der Waals surface area contributed by atoms with Gasteiger partial charge in [-0.1, -0.05) is 18.2 Å². The predicted octanol–water partition coefficient (Wildman–Crippen LogP) is 3.27. The van der Waals surface area contributed by atoms with Gasteiger partial charge in [-0.15, -0.1) is 0 Å². The summed E-state index contributed by atoms with van der Waals surface area (Å²) in [5.74, 6) is -0.191. The van der Waals surface area contributed by atoms with Gasteiger partial charge in [0.15, 0.2) is 0 Å². The van der Waals surface area contributed by atoms with E-state index in [2.05, 4.69) is 10.6 Å². The fourth-order valence-electron chi connectivity index (χ4n) is 2.99. The first-order chi connectivity index (χ1) is 14.6. The average molecular weight is 412 g/mol. The molecule has 0 bridgehead atoms. The molecule has 0 aromatic heterocycles. The van der Waals surface area contributed by atoms with Gasteiger partial charge < -0.3 is 24.8 Å². The van der Waals surface area contributed by atoms with E-state index in [-0.39, 0.29) is 30.7 Å². The predicted molar refractivity (Wildman–Crippen MR) is 109 cm³/mol. The maximum atomic E-state index is 12.6. The van der Waals surface area contributed by atoms with E-state index in [0.29, 0.717) is 17.9 Å². The Bertz CT molecular complexity index is 891. The molecule has 3 rings (SSSR count). The lowest BCUT2D eigenvalue weighted by Crippen LogP contribution is -2.33. The summed E-state index contributed by atoms with van der Waals surface area (Å²) >= 11 is 0. The molecule has 2 aromatic rings. The number of nitrogens with one attached hydrogen (secondary N) is 2. The van der Waals surface area contributed by atoms with Gasteiger partial charge in [-0.05, 0) is 55.7 Å².